The van der Waals surface area contributed by atoms with Crippen LogP contribution >= 0.6 is 0 Å². The number of hydrogen-bond donors (Lipinski definition) is 0. The average Bonchev–Trinajstić information content (AvgIpc) is 3.37. The summed E-state index contributed by atoms with van der Waals surface area (Å²) in [6.45, 7) is 0.325. The van der Waals surface area contributed by atoms with Gasteiger partial charge in [0.1, 0.15) is 12.4 Å². The summed E-state index contributed by atoms with van der Waals surface area (Å²) in [5.74, 6) is 0.571. The molecule has 0 aromatic heterocycles. The molecular weight excluding hydrogens is 633 g/mol. The normalized spacial score (nSPS) is 13.2. The summed E-state index contributed by atoms with van der Waals surface area (Å²) in [6, 6.07) is 58.6. The van der Waals surface area contributed by atoms with Crippen molar-refractivity contribution in [1.29, 1.82) is 0 Å². The molecule has 1 aliphatic heterocycles. The van der Waals surface area contributed by atoms with Crippen LogP contribution in [0.5, 0.6) is 5.75 Å². The Balaban J connectivity index is 1.13. The minimum atomic E-state index is -0.0333. The fraction of sp³-hybridized carbons (Fsp3) is 0.0600. The molecule has 2 aliphatic rings. The molecule has 0 amide bonds. The molecule has 0 fully saturated rings. The van der Waals surface area contributed by atoms with Crippen LogP contribution in [0.3, 0.4) is 0 Å². The lowest BCUT2D eigenvalue weighted by atomic mass is 9.89. The number of carbonyl (C=O) groups is 1. The van der Waals surface area contributed by atoms with Crippen molar-refractivity contribution in [2.75, 3.05) is 0 Å². The topological polar surface area (TPSA) is 26.3 Å². The molecule has 0 spiro atoms. The Labute approximate surface area is 305 Å². The van der Waals surface area contributed by atoms with Crippen LogP contribution in [0.15, 0.2) is 170 Å². The second-order valence-corrected chi connectivity index (χ2v) is 13.4. The molecule has 52 heavy (non-hydrogen) atoms. The van der Waals surface area contributed by atoms with Crippen LogP contribution in [-0.2, 0) is 6.61 Å². The maximum atomic E-state index is 14.6. The Morgan fingerprint density at radius 1 is 0.500 bits per heavy atom. The molecule has 0 radical (unpaired) electrons. The van der Waals surface area contributed by atoms with Gasteiger partial charge in [-0.3, -0.25) is 4.79 Å². The standard InChI is InChI=1S/C50H34O2/c51-50-47-31-38(45-27-41(34-13-5-1-6-14-34)25-42(28-45)35-15-7-2-8-16-35)21-22-40(47)33-52-49-24-23-39(32-48(49)50)46-29-43(36-17-9-3-10-18-36)26-44(30-46)37-19-11-4-12-20-37/h1-3,5-7,9-11,13-15,17-32H,4,12,33H2. The van der Waals surface area contributed by atoms with Crippen LogP contribution in [0.2, 0.25) is 0 Å². The first kappa shape index (κ1) is 31.3. The van der Waals surface area contributed by atoms with Crippen molar-refractivity contribution in [3.8, 4) is 61.4 Å². The fourth-order valence-electron chi connectivity index (χ4n) is 7.26. The van der Waals surface area contributed by atoms with Gasteiger partial charge in [0.05, 0.1) is 5.56 Å². The van der Waals surface area contributed by atoms with Crippen molar-refractivity contribution < 1.29 is 9.53 Å². The van der Waals surface area contributed by atoms with Crippen molar-refractivity contribution in [3.05, 3.63) is 204 Å². The Morgan fingerprint density at radius 3 is 1.75 bits per heavy atom. The molecule has 2 heteroatoms. The molecule has 1 aliphatic carbocycles. The summed E-state index contributed by atoms with van der Waals surface area (Å²) < 4.78 is 6.30. The van der Waals surface area contributed by atoms with Gasteiger partial charge in [-0.1, -0.05) is 115 Å². The molecule has 1 heterocycles. The first-order chi connectivity index (χ1) is 25.7. The van der Waals surface area contributed by atoms with Gasteiger partial charge in [-0.15, -0.1) is 0 Å². The first-order valence-corrected chi connectivity index (χ1v) is 17.8. The minimum Gasteiger partial charge on any atom is -0.488 e. The largest absolute Gasteiger partial charge is 0.488 e. The molecule has 246 valence electrons. The van der Waals surface area contributed by atoms with E-state index in [1.807, 2.05) is 48.5 Å². The SMILES string of the molecule is O=C1c2cc(-c3cc(-c4c#cccc4)cc(-c4ccccc4)c3)ccc2COc2ccc(-c3cc(C4=CCCC=C4)cc(-c4ccccc4)c3)cc21. The van der Waals surface area contributed by atoms with Crippen molar-refractivity contribution >= 4 is 11.4 Å². The molecule has 0 N–H and O–H groups in total. The fourth-order valence-corrected chi connectivity index (χ4v) is 7.26. The first-order valence-electron chi connectivity index (χ1n) is 17.8. The van der Waals surface area contributed by atoms with Gasteiger partial charge in [-0.25, -0.2) is 0 Å². The van der Waals surface area contributed by atoms with E-state index in [0.717, 1.165) is 74.0 Å². The van der Waals surface area contributed by atoms with Crippen LogP contribution in [0.1, 0.15) is 39.9 Å². The minimum absolute atomic E-state index is 0.0333. The predicted octanol–water partition coefficient (Wildman–Crippen LogP) is 12.5. The Hall–Kier alpha value is -6.69. The number of allylic oxidation sites excluding steroid dienone is 4. The number of benzene rings is 6. The number of ether oxygens (including phenoxy) is 1. The highest BCUT2D eigenvalue weighted by Crippen LogP contribution is 2.38. The lowest BCUT2D eigenvalue weighted by Gasteiger charge is -2.14. The van der Waals surface area contributed by atoms with E-state index in [4.69, 9.17) is 4.74 Å². The molecule has 0 unspecified atom stereocenters. The maximum Gasteiger partial charge on any atom is 0.197 e. The van der Waals surface area contributed by atoms with Gasteiger partial charge in [0.25, 0.3) is 0 Å². The van der Waals surface area contributed by atoms with Crippen molar-refractivity contribution in [3.63, 3.8) is 0 Å². The number of rotatable bonds is 6. The van der Waals surface area contributed by atoms with Crippen molar-refractivity contribution in [2.24, 2.45) is 0 Å². The summed E-state index contributed by atoms with van der Waals surface area (Å²) >= 11 is 0. The van der Waals surface area contributed by atoms with E-state index in [9.17, 15) is 4.79 Å². The highest BCUT2D eigenvalue weighted by Gasteiger charge is 2.24. The zero-order chi connectivity index (χ0) is 34.9. The van der Waals surface area contributed by atoms with E-state index in [1.165, 1.54) is 11.1 Å². The van der Waals surface area contributed by atoms with E-state index < -0.39 is 0 Å². The average molecular weight is 667 g/mol. The lowest BCUT2D eigenvalue weighted by Crippen LogP contribution is -2.03. The molecule has 0 atom stereocenters. The Bertz CT molecular complexity index is 2450. The van der Waals surface area contributed by atoms with Gasteiger partial charge in [0.15, 0.2) is 5.78 Å². The number of carbonyl (C=O) groups excluding carboxylic acids is 1. The summed E-state index contributed by atoms with van der Waals surface area (Å²) in [5.41, 5.74) is 15.1. The zero-order valence-electron chi connectivity index (χ0n) is 28.6. The zero-order valence-corrected chi connectivity index (χ0v) is 28.6. The third-order valence-corrected chi connectivity index (χ3v) is 10.00. The molecular formula is C50H34O2. The van der Waals surface area contributed by atoms with Gasteiger partial charge >= 0.3 is 0 Å². The number of hydrogen-bond acceptors (Lipinski definition) is 2. The highest BCUT2D eigenvalue weighted by atomic mass is 16.5. The molecule has 7 aromatic rings. The van der Waals surface area contributed by atoms with Crippen LogP contribution in [0.25, 0.3) is 61.2 Å². The van der Waals surface area contributed by atoms with E-state index >= 15 is 0 Å². The molecule has 0 saturated carbocycles. The third kappa shape index (κ3) is 6.15. The molecule has 7 aromatic carbocycles. The smallest absolute Gasteiger partial charge is 0.197 e. The van der Waals surface area contributed by atoms with E-state index in [2.05, 4.69) is 133 Å². The molecule has 9 rings (SSSR count). The van der Waals surface area contributed by atoms with E-state index in [1.54, 1.807) is 0 Å². The Morgan fingerprint density at radius 2 is 1.12 bits per heavy atom. The maximum absolute atomic E-state index is 14.6. The molecule has 0 saturated heterocycles. The number of ketones is 1. The summed E-state index contributed by atoms with van der Waals surface area (Å²) in [7, 11) is 0. The van der Waals surface area contributed by atoms with Gasteiger partial charge in [-0.2, -0.15) is 0 Å². The van der Waals surface area contributed by atoms with Gasteiger partial charge in [0.2, 0.25) is 0 Å². The van der Waals surface area contributed by atoms with E-state index in [-0.39, 0.29) is 5.78 Å². The molecule has 0 bridgehead atoms. The summed E-state index contributed by atoms with van der Waals surface area (Å²) in [5, 5.41) is 0. The number of fused-ring (bicyclic) bond motifs is 2. The van der Waals surface area contributed by atoms with Crippen molar-refractivity contribution in [1.82, 2.24) is 0 Å². The second kappa shape index (κ2) is 13.6. The van der Waals surface area contributed by atoms with Crippen LogP contribution < -0.4 is 4.74 Å². The lowest BCUT2D eigenvalue weighted by molar-refractivity contribution is 0.103. The van der Waals surface area contributed by atoms with Gasteiger partial charge < -0.3 is 4.74 Å². The van der Waals surface area contributed by atoms with Crippen LogP contribution in [-0.4, -0.2) is 5.78 Å². The highest BCUT2D eigenvalue weighted by molar-refractivity contribution is 6.13. The van der Waals surface area contributed by atoms with Crippen LogP contribution in [0, 0.1) is 12.1 Å². The van der Waals surface area contributed by atoms with Crippen LogP contribution in [0.4, 0.5) is 0 Å². The third-order valence-electron chi connectivity index (χ3n) is 10.00. The van der Waals surface area contributed by atoms with E-state index in [0.29, 0.717) is 23.5 Å². The van der Waals surface area contributed by atoms with Crippen molar-refractivity contribution in [2.45, 2.75) is 19.4 Å². The summed E-state index contributed by atoms with van der Waals surface area (Å²) in [6.07, 6.45) is 8.87. The quantitative estimate of drug-likeness (QED) is 0.177. The predicted molar refractivity (Wildman–Crippen MR) is 212 cm³/mol. The monoisotopic (exact) mass is 666 g/mol. The van der Waals surface area contributed by atoms with Gasteiger partial charge in [-0.05, 0) is 141 Å². The Kier molecular flexibility index (Phi) is 8.16. The van der Waals surface area contributed by atoms with Gasteiger partial charge in [0, 0.05) is 16.7 Å². The second-order valence-electron chi connectivity index (χ2n) is 13.4. The molecule has 2 nitrogen and oxygen atoms in total. The summed E-state index contributed by atoms with van der Waals surface area (Å²) in [4.78, 5) is 14.6.